The molecule has 0 saturated heterocycles. The Morgan fingerprint density at radius 1 is 0.952 bits per heavy atom. The van der Waals surface area contributed by atoms with Gasteiger partial charge in [0.1, 0.15) is 11.5 Å². The van der Waals surface area contributed by atoms with E-state index in [1.807, 2.05) is 37.3 Å². The highest BCUT2D eigenvalue weighted by atomic mass is 35.5. The average Bonchev–Trinajstić information content (AvgIpc) is 2.46. The zero-order chi connectivity index (χ0) is 15.4. The molecular weight excluding hydrogens is 309 g/mol. The first-order chi connectivity index (χ1) is 10.0. The van der Waals surface area contributed by atoms with Crippen molar-refractivity contribution >= 4 is 28.9 Å². The second-order valence-corrected chi connectivity index (χ2v) is 5.48. The highest BCUT2D eigenvalue weighted by molar-refractivity contribution is 6.35. The summed E-state index contributed by atoms with van der Waals surface area (Å²) in [6, 6.07) is 11.1. The van der Waals surface area contributed by atoms with Crippen molar-refractivity contribution in [1.82, 2.24) is 0 Å². The summed E-state index contributed by atoms with van der Waals surface area (Å²) in [5.74, 6) is 1.46. The van der Waals surface area contributed by atoms with Crippen LogP contribution in [0.5, 0.6) is 11.5 Å². The van der Waals surface area contributed by atoms with Gasteiger partial charge < -0.3 is 14.8 Å². The Balaban J connectivity index is 2.24. The highest BCUT2D eigenvalue weighted by Crippen LogP contribution is 2.31. The summed E-state index contributed by atoms with van der Waals surface area (Å²) >= 11 is 12.2. The van der Waals surface area contributed by atoms with Crippen LogP contribution in [0.15, 0.2) is 36.4 Å². The summed E-state index contributed by atoms with van der Waals surface area (Å²) < 4.78 is 10.5. The normalized spacial score (nSPS) is 11.9. The lowest BCUT2D eigenvalue weighted by atomic mass is 10.1. The van der Waals surface area contributed by atoms with E-state index in [0.717, 1.165) is 22.7 Å². The number of rotatable bonds is 5. The van der Waals surface area contributed by atoms with Gasteiger partial charge in [-0.15, -0.1) is 0 Å². The molecule has 2 aromatic carbocycles. The van der Waals surface area contributed by atoms with Crippen LogP contribution in [0.1, 0.15) is 18.5 Å². The van der Waals surface area contributed by atoms with Crippen LogP contribution in [0.2, 0.25) is 10.0 Å². The Labute approximate surface area is 134 Å². The molecule has 2 aromatic rings. The van der Waals surface area contributed by atoms with Gasteiger partial charge in [-0.2, -0.15) is 0 Å². The highest BCUT2D eigenvalue weighted by Gasteiger charge is 2.11. The molecule has 0 heterocycles. The van der Waals surface area contributed by atoms with Crippen LogP contribution in [0.3, 0.4) is 0 Å². The van der Waals surface area contributed by atoms with E-state index >= 15 is 0 Å². The molecule has 0 aromatic heterocycles. The maximum Gasteiger partial charge on any atom is 0.124 e. The average molecular weight is 326 g/mol. The van der Waals surface area contributed by atoms with Crippen molar-refractivity contribution in [3.8, 4) is 11.5 Å². The van der Waals surface area contributed by atoms with E-state index in [1.54, 1.807) is 20.3 Å². The van der Waals surface area contributed by atoms with Crippen molar-refractivity contribution < 1.29 is 9.47 Å². The summed E-state index contributed by atoms with van der Waals surface area (Å²) in [5.41, 5.74) is 1.87. The van der Waals surface area contributed by atoms with Crippen molar-refractivity contribution in [2.75, 3.05) is 19.5 Å². The Morgan fingerprint density at radius 2 is 1.57 bits per heavy atom. The van der Waals surface area contributed by atoms with Gasteiger partial charge in [-0.1, -0.05) is 29.3 Å². The standard InChI is InChI=1S/C16H17Cl2NO2/c1-10(15-5-4-11(17)6-16(15)18)19-12-7-13(20-2)9-14(8-12)21-3/h4-10,19H,1-3H3. The van der Waals surface area contributed by atoms with Crippen LogP contribution in [-0.4, -0.2) is 14.2 Å². The molecule has 0 radical (unpaired) electrons. The lowest BCUT2D eigenvalue weighted by Gasteiger charge is -2.18. The molecule has 3 nitrogen and oxygen atoms in total. The second-order valence-electron chi connectivity index (χ2n) is 4.63. The Kier molecular flexibility index (Phi) is 5.21. The first-order valence-electron chi connectivity index (χ1n) is 6.48. The van der Waals surface area contributed by atoms with Crippen LogP contribution in [0, 0.1) is 0 Å². The summed E-state index contributed by atoms with van der Waals surface area (Å²) in [7, 11) is 3.25. The molecule has 2 rings (SSSR count). The molecule has 1 atom stereocenters. The summed E-state index contributed by atoms with van der Waals surface area (Å²) in [6.07, 6.45) is 0. The second kappa shape index (κ2) is 6.92. The van der Waals surface area contributed by atoms with Crippen molar-refractivity contribution in [3.63, 3.8) is 0 Å². The van der Waals surface area contributed by atoms with Gasteiger partial charge in [0.15, 0.2) is 0 Å². The lowest BCUT2D eigenvalue weighted by Crippen LogP contribution is -2.07. The van der Waals surface area contributed by atoms with Gasteiger partial charge >= 0.3 is 0 Å². The van der Waals surface area contributed by atoms with Gasteiger partial charge in [-0.25, -0.2) is 0 Å². The maximum atomic E-state index is 6.23. The summed E-state index contributed by atoms with van der Waals surface area (Å²) in [4.78, 5) is 0. The van der Waals surface area contributed by atoms with Gasteiger partial charge in [0.2, 0.25) is 0 Å². The number of benzene rings is 2. The predicted octanol–water partition coefficient (Wildman–Crippen LogP) is 5.18. The smallest absolute Gasteiger partial charge is 0.124 e. The molecule has 0 amide bonds. The van der Waals surface area contributed by atoms with E-state index in [2.05, 4.69) is 5.32 Å². The molecule has 112 valence electrons. The third kappa shape index (κ3) is 3.96. The van der Waals surface area contributed by atoms with Crippen molar-refractivity contribution in [2.45, 2.75) is 13.0 Å². The fourth-order valence-corrected chi connectivity index (χ4v) is 2.64. The third-order valence-corrected chi connectivity index (χ3v) is 3.73. The minimum atomic E-state index is 0.0200. The maximum absolute atomic E-state index is 6.23. The molecule has 0 aliphatic heterocycles. The van der Waals surface area contributed by atoms with Crippen LogP contribution >= 0.6 is 23.2 Å². The Morgan fingerprint density at radius 3 is 2.10 bits per heavy atom. The molecule has 0 aliphatic rings. The number of ether oxygens (including phenoxy) is 2. The molecule has 0 spiro atoms. The largest absolute Gasteiger partial charge is 0.497 e. The molecule has 1 unspecified atom stereocenters. The molecule has 0 aliphatic carbocycles. The minimum absolute atomic E-state index is 0.0200. The molecule has 0 saturated carbocycles. The Bertz CT molecular complexity index is 609. The van der Waals surface area contributed by atoms with E-state index in [-0.39, 0.29) is 6.04 Å². The molecule has 5 heteroatoms. The summed E-state index contributed by atoms with van der Waals surface area (Å²) in [6.45, 7) is 2.03. The van der Waals surface area contributed by atoms with E-state index in [4.69, 9.17) is 32.7 Å². The van der Waals surface area contributed by atoms with E-state index in [9.17, 15) is 0 Å². The topological polar surface area (TPSA) is 30.5 Å². The zero-order valence-corrected chi connectivity index (χ0v) is 13.6. The van der Waals surface area contributed by atoms with E-state index in [1.165, 1.54) is 0 Å². The van der Waals surface area contributed by atoms with Crippen LogP contribution in [0.25, 0.3) is 0 Å². The van der Waals surface area contributed by atoms with Gasteiger partial charge in [-0.3, -0.25) is 0 Å². The number of hydrogen-bond donors (Lipinski definition) is 1. The number of anilines is 1. The minimum Gasteiger partial charge on any atom is -0.497 e. The lowest BCUT2D eigenvalue weighted by molar-refractivity contribution is 0.394. The number of methoxy groups -OCH3 is 2. The number of hydrogen-bond acceptors (Lipinski definition) is 3. The monoisotopic (exact) mass is 325 g/mol. The third-order valence-electron chi connectivity index (χ3n) is 3.16. The van der Waals surface area contributed by atoms with Crippen LogP contribution in [0.4, 0.5) is 5.69 Å². The molecule has 21 heavy (non-hydrogen) atoms. The van der Waals surface area contributed by atoms with Crippen LogP contribution < -0.4 is 14.8 Å². The Hall–Kier alpha value is -1.58. The first kappa shape index (κ1) is 15.8. The SMILES string of the molecule is COc1cc(NC(C)c2ccc(Cl)cc2Cl)cc(OC)c1. The van der Waals surface area contributed by atoms with E-state index < -0.39 is 0 Å². The summed E-state index contributed by atoms with van der Waals surface area (Å²) in [5, 5.41) is 4.64. The van der Waals surface area contributed by atoms with Crippen molar-refractivity contribution in [3.05, 3.63) is 52.0 Å². The molecular formula is C16H17Cl2NO2. The van der Waals surface area contributed by atoms with Crippen molar-refractivity contribution in [1.29, 1.82) is 0 Å². The van der Waals surface area contributed by atoms with Crippen molar-refractivity contribution in [2.24, 2.45) is 0 Å². The quantitative estimate of drug-likeness (QED) is 0.821. The first-order valence-corrected chi connectivity index (χ1v) is 7.23. The van der Waals surface area contributed by atoms with Gasteiger partial charge in [0.05, 0.1) is 14.2 Å². The molecule has 1 N–H and O–H groups in total. The van der Waals surface area contributed by atoms with Gasteiger partial charge in [-0.05, 0) is 24.6 Å². The van der Waals surface area contributed by atoms with E-state index in [0.29, 0.717) is 10.0 Å². The fraction of sp³-hybridized carbons (Fsp3) is 0.250. The zero-order valence-electron chi connectivity index (χ0n) is 12.1. The fourth-order valence-electron chi connectivity index (χ4n) is 2.07. The molecule has 0 bridgehead atoms. The van der Waals surface area contributed by atoms with Gasteiger partial charge in [0, 0.05) is 40.0 Å². The predicted molar refractivity (Wildman–Crippen MR) is 88.0 cm³/mol. The number of halogens is 2. The van der Waals surface area contributed by atoms with Crippen LogP contribution in [-0.2, 0) is 0 Å². The van der Waals surface area contributed by atoms with Gasteiger partial charge in [0.25, 0.3) is 0 Å². The number of nitrogens with one attached hydrogen (secondary N) is 1. The molecule has 0 fully saturated rings.